The highest BCUT2D eigenvalue weighted by atomic mass is 35.5. The molecule has 1 N–H and O–H groups in total. The molecule has 0 aliphatic heterocycles. The number of ether oxygens (including phenoxy) is 3. The van der Waals surface area contributed by atoms with Gasteiger partial charge in [0.05, 0.1) is 24.8 Å². The molecule has 9 nitrogen and oxygen atoms in total. The van der Waals surface area contributed by atoms with E-state index in [1.165, 1.54) is 34.1 Å². The zero-order valence-corrected chi connectivity index (χ0v) is 19.4. The van der Waals surface area contributed by atoms with E-state index in [1.807, 2.05) is 0 Å². The maximum absolute atomic E-state index is 12.3. The van der Waals surface area contributed by atoms with Crippen molar-refractivity contribution in [2.75, 3.05) is 14.2 Å². The summed E-state index contributed by atoms with van der Waals surface area (Å²) in [6.45, 7) is 6.45. The smallest absolute Gasteiger partial charge is 0.249 e. The molecule has 0 saturated heterocycles. The molecule has 0 unspecified atom stereocenters. The van der Waals surface area contributed by atoms with Gasteiger partial charge in [-0.1, -0.05) is 18.5 Å². The Morgan fingerprint density at radius 2 is 2.00 bits per heavy atom. The van der Waals surface area contributed by atoms with Crippen molar-refractivity contribution in [3.63, 3.8) is 0 Å². The number of carbonyl (C=O) groups excluding carboxylic acids is 2. The summed E-state index contributed by atoms with van der Waals surface area (Å²) in [7, 11) is 2.83. The van der Waals surface area contributed by atoms with Crippen LogP contribution in [0.15, 0.2) is 22.3 Å². The summed E-state index contributed by atoms with van der Waals surface area (Å²) in [4.78, 5) is 24.4. The lowest BCUT2D eigenvalue weighted by Crippen LogP contribution is -2.50. The number of benzene rings is 1. The van der Waals surface area contributed by atoms with Crippen LogP contribution in [0.4, 0.5) is 0 Å². The van der Waals surface area contributed by atoms with Crippen LogP contribution in [-0.2, 0) is 19.9 Å². The second-order valence-electron chi connectivity index (χ2n) is 8.16. The fourth-order valence-electron chi connectivity index (χ4n) is 3.52. The van der Waals surface area contributed by atoms with Crippen LogP contribution < -0.4 is 9.47 Å². The van der Waals surface area contributed by atoms with E-state index < -0.39 is 17.1 Å². The van der Waals surface area contributed by atoms with Crippen LogP contribution in [0, 0.1) is 12.8 Å². The lowest BCUT2D eigenvalue weighted by molar-refractivity contribution is -0.130. The molecule has 0 bridgehead atoms. The quantitative estimate of drug-likeness (QED) is 0.614. The number of halogens is 1. The van der Waals surface area contributed by atoms with Crippen molar-refractivity contribution in [2.45, 2.75) is 45.3 Å². The number of hydrogen-bond donors (Lipinski definition) is 1. The first kappa shape index (κ1) is 23.7. The predicted octanol–water partition coefficient (Wildman–Crippen LogP) is 3.39. The van der Waals surface area contributed by atoms with Crippen LogP contribution in [0.5, 0.6) is 11.5 Å². The number of aldehydes is 1. The average Bonchev–Trinajstić information content (AvgIpc) is 3.23. The molecule has 1 aliphatic carbocycles. The van der Waals surface area contributed by atoms with Gasteiger partial charge < -0.3 is 23.7 Å². The second kappa shape index (κ2) is 8.55. The number of methoxy groups -OCH3 is 2. The van der Waals surface area contributed by atoms with E-state index in [9.17, 15) is 14.7 Å². The Morgan fingerprint density at radius 1 is 1.31 bits per heavy atom. The molecule has 0 amide bonds. The third-order valence-corrected chi connectivity index (χ3v) is 5.78. The molecule has 1 aromatic carbocycles. The molecule has 1 heterocycles. The fourth-order valence-corrected chi connectivity index (χ4v) is 3.84. The molecule has 1 aliphatic rings. The fraction of sp³-hybridized carbons (Fsp3) is 0.455. The van der Waals surface area contributed by atoms with Crippen molar-refractivity contribution < 1.29 is 33.3 Å². The van der Waals surface area contributed by atoms with Crippen LogP contribution in [0.25, 0.3) is 11.5 Å². The van der Waals surface area contributed by atoms with Gasteiger partial charge in [-0.2, -0.15) is 0 Å². The highest BCUT2D eigenvalue weighted by Crippen LogP contribution is 2.46. The summed E-state index contributed by atoms with van der Waals surface area (Å²) >= 11 is 6.69. The first-order valence-corrected chi connectivity index (χ1v) is 10.2. The van der Waals surface area contributed by atoms with Crippen LogP contribution in [0.3, 0.4) is 0 Å². The number of aromatic nitrogens is 2. The Labute approximate surface area is 190 Å². The summed E-state index contributed by atoms with van der Waals surface area (Å²) in [5.74, 6) is -0.0504. The molecule has 172 valence electrons. The number of allylic oxidation sites excluding steroid dienone is 1. The number of hydrogen-bond acceptors (Lipinski definition) is 9. The van der Waals surface area contributed by atoms with Crippen molar-refractivity contribution in [1.29, 1.82) is 0 Å². The largest absolute Gasteiger partial charge is 0.496 e. The third kappa shape index (κ3) is 3.98. The van der Waals surface area contributed by atoms with Gasteiger partial charge >= 0.3 is 0 Å². The zero-order valence-electron chi connectivity index (χ0n) is 18.7. The normalized spacial score (nSPS) is 21.2. The van der Waals surface area contributed by atoms with E-state index in [0.717, 1.165) is 0 Å². The standard InChI is InChI=1S/C22H25ClN2O7/c1-11-7-13(27)8-16(30-6)22(11,10-26)32-18-12(2)15(29-5)9-14(17(18)23)19-24-25-20(31-19)21(3,4)28/h8-11,28H,7H2,1-6H3/t11-,22+/m1/s1. The van der Waals surface area contributed by atoms with Crippen molar-refractivity contribution in [3.8, 4) is 23.0 Å². The van der Waals surface area contributed by atoms with Gasteiger partial charge in [0.25, 0.3) is 0 Å². The van der Waals surface area contributed by atoms with Crippen molar-refractivity contribution in [2.24, 2.45) is 5.92 Å². The molecule has 0 saturated carbocycles. The van der Waals surface area contributed by atoms with Gasteiger partial charge in [0, 0.05) is 24.0 Å². The lowest BCUT2D eigenvalue weighted by Gasteiger charge is -2.38. The Balaban J connectivity index is 2.19. The van der Waals surface area contributed by atoms with Gasteiger partial charge in [0.15, 0.2) is 17.8 Å². The van der Waals surface area contributed by atoms with Crippen molar-refractivity contribution in [3.05, 3.63) is 34.4 Å². The molecule has 10 heteroatoms. The molecular formula is C22H25ClN2O7. The summed E-state index contributed by atoms with van der Waals surface area (Å²) < 4.78 is 22.6. The average molecular weight is 465 g/mol. The van der Waals surface area contributed by atoms with E-state index in [4.69, 9.17) is 30.2 Å². The van der Waals surface area contributed by atoms with E-state index in [-0.39, 0.29) is 46.1 Å². The van der Waals surface area contributed by atoms with Crippen molar-refractivity contribution in [1.82, 2.24) is 10.2 Å². The number of carbonyl (C=O) groups is 2. The number of rotatable bonds is 7. The van der Waals surface area contributed by atoms with E-state index in [0.29, 0.717) is 17.6 Å². The van der Waals surface area contributed by atoms with Crippen LogP contribution in [0.1, 0.15) is 38.6 Å². The van der Waals surface area contributed by atoms with E-state index in [2.05, 4.69) is 10.2 Å². The summed E-state index contributed by atoms with van der Waals surface area (Å²) in [6.07, 6.45) is 1.96. The van der Waals surface area contributed by atoms with Gasteiger partial charge in [-0.05, 0) is 26.8 Å². The predicted molar refractivity (Wildman–Crippen MR) is 115 cm³/mol. The van der Waals surface area contributed by atoms with Gasteiger partial charge in [-0.15, -0.1) is 10.2 Å². The minimum atomic E-state index is -1.58. The number of nitrogens with zero attached hydrogens (tertiary/aromatic N) is 2. The minimum Gasteiger partial charge on any atom is -0.496 e. The Hall–Kier alpha value is -2.91. The van der Waals surface area contributed by atoms with Crippen LogP contribution in [0.2, 0.25) is 5.02 Å². The molecule has 0 fully saturated rings. The molecule has 1 aromatic heterocycles. The maximum Gasteiger partial charge on any atom is 0.249 e. The summed E-state index contributed by atoms with van der Waals surface area (Å²) in [6, 6.07) is 1.60. The van der Waals surface area contributed by atoms with Crippen LogP contribution in [-0.4, -0.2) is 47.2 Å². The van der Waals surface area contributed by atoms with E-state index in [1.54, 1.807) is 19.9 Å². The molecule has 2 atom stereocenters. The lowest BCUT2D eigenvalue weighted by atomic mass is 9.79. The van der Waals surface area contributed by atoms with Gasteiger partial charge in [0.2, 0.25) is 17.4 Å². The summed E-state index contributed by atoms with van der Waals surface area (Å²) in [5, 5.41) is 18.1. The van der Waals surface area contributed by atoms with Crippen molar-refractivity contribution >= 4 is 23.7 Å². The third-order valence-electron chi connectivity index (χ3n) is 5.40. The molecule has 3 rings (SSSR count). The van der Waals surface area contributed by atoms with E-state index >= 15 is 0 Å². The highest BCUT2D eigenvalue weighted by Gasteiger charge is 2.48. The maximum atomic E-state index is 12.3. The Bertz CT molecular complexity index is 1090. The minimum absolute atomic E-state index is 0.000966. The monoisotopic (exact) mass is 464 g/mol. The number of aliphatic hydroxyl groups is 1. The molecule has 32 heavy (non-hydrogen) atoms. The molecule has 2 aromatic rings. The number of ketones is 1. The van der Waals surface area contributed by atoms with Gasteiger partial charge in [-0.25, -0.2) is 0 Å². The molecule has 0 spiro atoms. The first-order chi connectivity index (χ1) is 15.0. The Morgan fingerprint density at radius 3 is 2.53 bits per heavy atom. The second-order valence-corrected chi connectivity index (χ2v) is 8.54. The van der Waals surface area contributed by atoms with Gasteiger partial charge in [-0.3, -0.25) is 9.59 Å². The zero-order chi connectivity index (χ0) is 23.8. The molecule has 0 radical (unpaired) electrons. The van der Waals surface area contributed by atoms with Crippen LogP contribution >= 0.6 is 11.6 Å². The topological polar surface area (TPSA) is 121 Å². The highest BCUT2D eigenvalue weighted by molar-refractivity contribution is 6.35. The molecular weight excluding hydrogens is 440 g/mol. The Kier molecular flexibility index (Phi) is 6.35. The summed E-state index contributed by atoms with van der Waals surface area (Å²) in [5.41, 5.74) is -2.12. The van der Waals surface area contributed by atoms with Gasteiger partial charge in [0.1, 0.15) is 17.1 Å². The SMILES string of the molecule is COC1=CC(=O)C[C@@H](C)[C@]1(C=O)Oc1c(C)c(OC)cc(-c2nnc(C(C)(C)O)o2)c1Cl. The first-order valence-electron chi connectivity index (χ1n) is 9.86.